The second kappa shape index (κ2) is 8.38. The molecule has 33 heavy (non-hydrogen) atoms. The molecule has 2 aromatic heterocycles. The summed E-state index contributed by atoms with van der Waals surface area (Å²) in [6.07, 6.45) is -0.333. The molecule has 2 aromatic carbocycles. The van der Waals surface area contributed by atoms with Crippen LogP contribution >= 0.6 is 0 Å². The monoisotopic (exact) mass is 453 g/mol. The van der Waals surface area contributed by atoms with Crippen LogP contribution in [0.25, 0.3) is 5.78 Å². The summed E-state index contributed by atoms with van der Waals surface area (Å²) in [5.41, 5.74) is 4.98. The first-order valence-corrected chi connectivity index (χ1v) is 10.8. The fourth-order valence-corrected chi connectivity index (χ4v) is 4.05. The highest BCUT2D eigenvalue weighted by Gasteiger charge is 2.31. The van der Waals surface area contributed by atoms with E-state index in [1.165, 1.54) is 17.7 Å². The summed E-state index contributed by atoms with van der Waals surface area (Å²) in [5.74, 6) is 1.65. The number of aromatic nitrogens is 4. The molecule has 0 saturated heterocycles. The predicted molar refractivity (Wildman–Crippen MR) is 118 cm³/mol. The minimum Gasteiger partial charge on any atom is -0.406 e. The van der Waals surface area contributed by atoms with Crippen molar-refractivity contribution in [3.63, 3.8) is 0 Å². The van der Waals surface area contributed by atoms with Gasteiger partial charge in [0.15, 0.2) is 5.82 Å². The summed E-state index contributed by atoms with van der Waals surface area (Å²) in [5, 5.41) is 8.04. The van der Waals surface area contributed by atoms with E-state index < -0.39 is 6.36 Å². The Morgan fingerprint density at radius 2 is 1.70 bits per heavy atom. The van der Waals surface area contributed by atoms with Crippen LogP contribution in [0.1, 0.15) is 41.1 Å². The van der Waals surface area contributed by atoms with Crippen molar-refractivity contribution in [2.24, 2.45) is 0 Å². The summed E-state index contributed by atoms with van der Waals surface area (Å²) in [6, 6.07) is 13.9. The predicted octanol–water partition coefficient (Wildman–Crippen LogP) is 5.54. The summed E-state index contributed by atoms with van der Waals surface area (Å²) in [4.78, 5) is 9.40. The zero-order valence-electron chi connectivity index (χ0n) is 18.0. The van der Waals surface area contributed by atoms with Crippen LogP contribution in [0.5, 0.6) is 5.75 Å². The third-order valence-electron chi connectivity index (χ3n) is 5.64. The molecule has 0 atom stereocenters. The second-order valence-corrected chi connectivity index (χ2v) is 8.19. The lowest BCUT2D eigenvalue weighted by Gasteiger charge is -2.20. The molecule has 5 rings (SSSR count). The van der Waals surface area contributed by atoms with E-state index in [0.717, 1.165) is 48.3 Å². The van der Waals surface area contributed by atoms with Gasteiger partial charge in [0.2, 0.25) is 0 Å². The Kier molecular flexibility index (Phi) is 5.39. The zero-order chi connectivity index (χ0) is 23.0. The van der Waals surface area contributed by atoms with E-state index in [9.17, 15) is 13.2 Å². The van der Waals surface area contributed by atoms with Crippen LogP contribution in [0.2, 0.25) is 0 Å². The average Bonchev–Trinajstić information content (AvgIpc) is 3.17. The van der Waals surface area contributed by atoms with E-state index in [1.54, 1.807) is 16.6 Å². The number of hydrogen-bond donors (Lipinski definition) is 1. The van der Waals surface area contributed by atoms with E-state index in [1.807, 2.05) is 6.92 Å². The van der Waals surface area contributed by atoms with E-state index in [4.69, 9.17) is 10.1 Å². The van der Waals surface area contributed by atoms with Crippen LogP contribution < -0.4 is 10.1 Å². The van der Waals surface area contributed by atoms with E-state index >= 15 is 0 Å². The van der Waals surface area contributed by atoms with Crippen molar-refractivity contribution >= 4 is 17.3 Å². The molecule has 0 saturated carbocycles. The third kappa shape index (κ3) is 4.76. The first-order chi connectivity index (χ1) is 15.8. The maximum absolute atomic E-state index is 12.5. The molecule has 1 aliphatic rings. The maximum atomic E-state index is 12.5. The Morgan fingerprint density at radius 3 is 2.42 bits per heavy atom. The lowest BCUT2D eigenvalue weighted by atomic mass is 9.96. The lowest BCUT2D eigenvalue weighted by molar-refractivity contribution is -0.274. The normalized spacial score (nSPS) is 13.7. The first-order valence-electron chi connectivity index (χ1n) is 10.8. The molecule has 6 nitrogen and oxygen atoms in total. The summed E-state index contributed by atoms with van der Waals surface area (Å²) in [7, 11) is 0. The van der Waals surface area contributed by atoms with Gasteiger partial charge in [-0.15, -0.1) is 18.3 Å². The molecule has 0 spiro atoms. The number of rotatable bonds is 5. The van der Waals surface area contributed by atoms with Gasteiger partial charge in [-0.2, -0.15) is 9.50 Å². The van der Waals surface area contributed by atoms with E-state index in [-0.39, 0.29) is 5.75 Å². The number of fused-ring (bicyclic) bond motifs is 2. The number of nitrogens with one attached hydrogen (secondary N) is 1. The minimum atomic E-state index is -4.72. The van der Waals surface area contributed by atoms with Crippen LogP contribution in [-0.2, 0) is 19.3 Å². The molecule has 9 heteroatoms. The topological polar surface area (TPSA) is 64.3 Å². The molecular weight excluding hydrogens is 431 g/mol. The fourth-order valence-electron chi connectivity index (χ4n) is 4.05. The highest BCUT2D eigenvalue weighted by Crippen LogP contribution is 2.31. The molecule has 0 fully saturated rings. The standard InChI is InChI=1S/C24H22F3N5O/c1-15-6-8-16(9-7-15)14-21-30-23-29-20-5-3-2-4-19(20)22(32(23)31-21)28-17-10-12-18(13-11-17)33-24(25,26)27/h6-13,28H,2-5,14H2,1H3. The van der Waals surface area contributed by atoms with Gasteiger partial charge in [-0.25, -0.2) is 4.98 Å². The van der Waals surface area contributed by atoms with Gasteiger partial charge in [-0.05, 0) is 62.4 Å². The number of aryl methyl sites for hydroxylation is 2. The largest absolute Gasteiger partial charge is 0.573 e. The highest BCUT2D eigenvalue weighted by atomic mass is 19.4. The molecule has 170 valence electrons. The Bertz CT molecular complexity index is 1280. The van der Waals surface area contributed by atoms with Crippen molar-refractivity contribution in [3.05, 3.63) is 76.7 Å². The molecular formula is C24H22F3N5O. The summed E-state index contributed by atoms with van der Waals surface area (Å²) < 4.78 is 43.1. The number of anilines is 2. The first kappa shape index (κ1) is 21.2. The molecule has 0 unspecified atom stereocenters. The van der Waals surface area contributed by atoms with Gasteiger partial charge in [-0.3, -0.25) is 0 Å². The van der Waals surface area contributed by atoms with Gasteiger partial charge >= 0.3 is 6.36 Å². The van der Waals surface area contributed by atoms with Gasteiger partial charge < -0.3 is 10.1 Å². The number of halogens is 3. The average molecular weight is 453 g/mol. The van der Waals surface area contributed by atoms with Gasteiger partial charge in [0.1, 0.15) is 11.6 Å². The van der Waals surface area contributed by atoms with Gasteiger partial charge in [-0.1, -0.05) is 29.8 Å². The Labute approximate surface area is 188 Å². The van der Waals surface area contributed by atoms with E-state index in [2.05, 4.69) is 39.3 Å². The molecule has 2 heterocycles. The lowest BCUT2D eigenvalue weighted by Crippen LogP contribution is -2.17. The number of hydrogen-bond acceptors (Lipinski definition) is 5. The van der Waals surface area contributed by atoms with Crippen LogP contribution in [0.4, 0.5) is 24.7 Å². The van der Waals surface area contributed by atoms with Crippen molar-refractivity contribution in [1.29, 1.82) is 0 Å². The van der Waals surface area contributed by atoms with Gasteiger partial charge in [0, 0.05) is 17.7 Å². The highest BCUT2D eigenvalue weighted by molar-refractivity contribution is 5.64. The number of alkyl halides is 3. The summed E-state index contributed by atoms with van der Waals surface area (Å²) in [6.45, 7) is 2.04. The maximum Gasteiger partial charge on any atom is 0.573 e. The fraction of sp³-hybridized carbons (Fsp3) is 0.292. The second-order valence-electron chi connectivity index (χ2n) is 8.19. The Balaban J connectivity index is 1.49. The zero-order valence-corrected chi connectivity index (χ0v) is 18.0. The molecule has 4 aromatic rings. The third-order valence-corrected chi connectivity index (χ3v) is 5.64. The molecule has 1 N–H and O–H groups in total. The van der Waals surface area contributed by atoms with Gasteiger partial charge in [0.25, 0.3) is 5.78 Å². The molecule has 1 aliphatic carbocycles. The molecule has 0 amide bonds. The van der Waals surface area contributed by atoms with Crippen LogP contribution in [0, 0.1) is 6.92 Å². The van der Waals surface area contributed by atoms with E-state index in [0.29, 0.717) is 23.7 Å². The number of ether oxygens (including phenoxy) is 1. The Morgan fingerprint density at radius 1 is 0.970 bits per heavy atom. The van der Waals surface area contributed by atoms with Gasteiger partial charge in [0.05, 0.1) is 5.69 Å². The van der Waals surface area contributed by atoms with Crippen molar-refractivity contribution in [2.75, 3.05) is 5.32 Å². The van der Waals surface area contributed by atoms with Crippen molar-refractivity contribution in [2.45, 2.75) is 45.4 Å². The molecule has 0 aliphatic heterocycles. The smallest absolute Gasteiger partial charge is 0.406 e. The quantitative estimate of drug-likeness (QED) is 0.430. The Hall–Kier alpha value is -3.62. The van der Waals surface area contributed by atoms with Crippen LogP contribution in [0.15, 0.2) is 48.5 Å². The summed E-state index contributed by atoms with van der Waals surface area (Å²) >= 11 is 0. The van der Waals surface area contributed by atoms with Crippen molar-refractivity contribution in [1.82, 2.24) is 19.6 Å². The number of nitrogens with zero attached hydrogens (tertiary/aromatic N) is 4. The van der Waals surface area contributed by atoms with Crippen LogP contribution in [-0.4, -0.2) is 25.9 Å². The molecule has 0 bridgehead atoms. The van der Waals surface area contributed by atoms with Crippen molar-refractivity contribution in [3.8, 4) is 5.75 Å². The van der Waals surface area contributed by atoms with Crippen molar-refractivity contribution < 1.29 is 17.9 Å². The minimum absolute atomic E-state index is 0.268. The molecule has 0 radical (unpaired) electrons. The SMILES string of the molecule is Cc1ccc(Cc2nc3nc4c(c(Nc5ccc(OC(F)(F)F)cc5)n3n2)CCCC4)cc1. The van der Waals surface area contributed by atoms with Crippen LogP contribution in [0.3, 0.4) is 0 Å². The number of benzene rings is 2.